The van der Waals surface area contributed by atoms with Gasteiger partial charge in [-0.1, -0.05) is 24.3 Å². The number of anilines is 1. The molecule has 0 saturated heterocycles. The number of nitrogens with one attached hydrogen (secondary N) is 1. The fraction of sp³-hybridized carbons (Fsp3) is 0.217. The molecule has 31 heavy (non-hydrogen) atoms. The SMILES string of the molecule is Cn1ncc(-c2ccc3c(=O)[nH]nc(CN)c3c2)c1N1C(=O)c2ccccc2C1(C)C. The highest BCUT2D eigenvalue weighted by atomic mass is 16.2. The van der Waals surface area contributed by atoms with Crippen molar-refractivity contribution >= 4 is 22.5 Å². The zero-order valence-corrected chi connectivity index (χ0v) is 17.5. The normalized spacial score (nSPS) is 15.0. The van der Waals surface area contributed by atoms with Crippen molar-refractivity contribution in [2.75, 3.05) is 4.90 Å². The fourth-order valence-electron chi connectivity index (χ4n) is 4.50. The number of nitrogens with two attached hydrogens (primary N) is 1. The predicted octanol–water partition coefficient (Wildman–Crippen LogP) is 2.68. The van der Waals surface area contributed by atoms with Crippen molar-refractivity contribution in [1.82, 2.24) is 20.0 Å². The van der Waals surface area contributed by atoms with Crippen molar-refractivity contribution in [2.24, 2.45) is 12.8 Å². The van der Waals surface area contributed by atoms with E-state index in [1.807, 2.05) is 57.3 Å². The molecule has 0 fully saturated rings. The van der Waals surface area contributed by atoms with Crippen molar-refractivity contribution in [3.63, 3.8) is 0 Å². The highest BCUT2D eigenvalue weighted by Gasteiger charge is 2.45. The lowest BCUT2D eigenvalue weighted by Crippen LogP contribution is -2.40. The van der Waals surface area contributed by atoms with E-state index in [1.165, 1.54) is 0 Å². The first kappa shape index (κ1) is 19.2. The second-order valence-corrected chi connectivity index (χ2v) is 8.21. The summed E-state index contributed by atoms with van der Waals surface area (Å²) >= 11 is 0. The predicted molar refractivity (Wildman–Crippen MR) is 119 cm³/mol. The van der Waals surface area contributed by atoms with Crippen LogP contribution in [-0.4, -0.2) is 25.9 Å². The molecular formula is C23H22N6O2. The van der Waals surface area contributed by atoms with Crippen LogP contribution in [-0.2, 0) is 19.1 Å². The van der Waals surface area contributed by atoms with E-state index in [4.69, 9.17) is 5.73 Å². The van der Waals surface area contributed by atoms with Gasteiger partial charge in [0, 0.05) is 30.1 Å². The van der Waals surface area contributed by atoms with Gasteiger partial charge in [-0.2, -0.15) is 10.2 Å². The van der Waals surface area contributed by atoms with Gasteiger partial charge in [-0.15, -0.1) is 0 Å². The van der Waals surface area contributed by atoms with Gasteiger partial charge in [-0.05, 0) is 43.2 Å². The highest BCUT2D eigenvalue weighted by molar-refractivity contribution is 6.13. The summed E-state index contributed by atoms with van der Waals surface area (Å²) in [5, 5.41) is 12.2. The molecule has 3 N–H and O–H groups in total. The molecule has 0 atom stereocenters. The smallest absolute Gasteiger partial charge is 0.272 e. The molecule has 2 aromatic carbocycles. The van der Waals surface area contributed by atoms with Crippen molar-refractivity contribution in [3.8, 4) is 11.1 Å². The quantitative estimate of drug-likeness (QED) is 0.536. The van der Waals surface area contributed by atoms with Gasteiger partial charge in [0.15, 0.2) is 0 Å². The van der Waals surface area contributed by atoms with E-state index in [2.05, 4.69) is 15.3 Å². The van der Waals surface area contributed by atoms with Gasteiger partial charge >= 0.3 is 0 Å². The molecule has 5 rings (SSSR count). The van der Waals surface area contributed by atoms with Crippen LogP contribution in [0.25, 0.3) is 21.9 Å². The van der Waals surface area contributed by atoms with Gasteiger partial charge in [-0.3, -0.25) is 19.2 Å². The molecule has 0 aliphatic carbocycles. The standard InChI is InChI=1S/C23H22N6O2/c1-23(2)18-7-5-4-6-15(18)22(31)29(23)21-17(12-25-28(21)3)13-8-9-14-16(10-13)19(11-24)26-27-20(14)30/h4-10,12H,11,24H2,1-3H3,(H,27,30). The van der Waals surface area contributed by atoms with E-state index in [0.29, 0.717) is 27.8 Å². The van der Waals surface area contributed by atoms with E-state index in [1.54, 1.807) is 21.8 Å². The first-order valence-corrected chi connectivity index (χ1v) is 10.0. The Morgan fingerprint density at radius 1 is 1.06 bits per heavy atom. The number of hydrogen-bond donors (Lipinski definition) is 2. The molecular weight excluding hydrogens is 392 g/mol. The first-order chi connectivity index (χ1) is 14.8. The van der Waals surface area contributed by atoms with Crippen LogP contribution < -0.4 is 16.2 Å². The summed E-state index contributed by atoms with van der Waals surface area (Å²) < 4.78 is 1.71. The van der Waals surface area contributed by atoms with Crippen LogP contribution in [0.2, 0.25) is 0 Å². The topological polar surface area (TPSA) is 110 Å². The van der Waals surface area contributed by atoms with Crippen molar-refractivity contribution < 1.29 is 4.79 Å². The summed E-state index contributed by atoms with van der Waals surface area (Å²) in [4.78, 5) is 27.4. The van der Waals surface area contributed by atoms with Gasteiger partial charge in [0.2, 0.25) is 0 Å². The molecule has 156 valence electrons. The van der Waals surface area contributed by atoms with E-state index in [-0.39, 0.29) is 18.0 Å². The largest absolute Gasteiger partial charge is 0.325 e. The lowest BCUT2D eigenvalue weighted by Gasteiger charge is -2.33. The first-order valence-electron chi connectivity index (χ1n) is 10.0. The Labute approximate surface area is 178 Å². The van der Waals surface area contributed by atoms with Gasteiger partial charge in [0.1, 0.15) is 5.82 Å². The van der Waals surface area contributed by atoms with Crippen LogP contribution in [0.15, 0.2) is 53.5 Å². The van der Waals surface area contributed by atoms with Crippen LogP contribution in [0, 0.1) is 0 Å². The number of aromatic nitrogens is 4. The minimum absolute atomic E-state index is 0.0630. The number of aryl methyl sites for hydroxylation is 1. The summed E-state index contributed by atoms with van der Waals surface area (Å²) in [7, 11) is 1.82. The maximum atomic E-state index is 13.4. The Hall–Kier alpha value is -3.78. The van der Waals surface area contributed by atoms with Crippen LogP contribution in [0.3, 0.4) is 0 Å². The van der Waals surface area contributed by atoms with Gasteiger partial charge in [-0.25, -0.2) is 5.10 Å². The number of H-pyrrole nitrogens is 1. The number of carbonyl (C=O) groups is 1. The Kier molecular flexibility index (Phi) is 4.10. The molecule has 8 nitrogen and oxygen atoms in total. The Balaban J connectivity index is 1.72. The summed E-state index contributed by atoms with van der Waals surface area (Å²) in [6.45, 7) is 4.26. The molecule has 0 unspecified atom stereocenters. The van der Waals surface area contributed by atoms with E-state index >= 15 is 0 Å². The number of aromatic amines is 1. The molecule has 1 aliphatic rings. The van der Waals surface area contributed by atoms with E-state index in [0.717, 1.165) is 16.7 Å². The van der Waals surface area contributed by atoms with Crippen LogP contribution >= 0.6 is 0 Å². The zero-order chi connectivity index (χ0) is 21.9. The summed E-state index contributed by atoms with van der Waals surface area (Å²) in [6.07, 6.45) is 1.74. The Morgan fingerprint density at radius 3 is 2.58 bits per heavy atom. The molecule has 1 aliphatic heterocycles. The number of carbonyl (C=O) groups excluding carboxylic acids is 1. The molecule has 0 bridgehead atoms. The average Bonchev–Trinajstić information content (AvgIpc) is 3.23. The Bertz CT molecular complexity index is 1420. The third-order valence-electron chi connectivity index (χ3n) is 6.07. The third-order valence-corrected chi connectivity index (χ3v) is 6.07. The number of nitrogens with zero attached hydrogens (tertiary/aromatic N) is 4. The average molecular weight is 414 g/mol. The van der Waals surface area contributed by atoms with Crippen LogP contribution in [0.1, 0.15) is 35.5 Å². The molecule has 0 spiro atoms. The van der Waals surface area contributed by atoms with Crippen molar-refractivity contribution in [2.45, 2.75) is 25.9 Å². The molecule has 1 amide bonds. The number of amides is 1. The fourth-order valence-corrected chi connectivity index (χ4v) is 4.50. The summed E-state index contributed by atoms with van der Waals surface area (Å²) in [6, 6.07) is 13.2. The molecule has 8 heteroatoms. The molecule has 3 heterocycles. The van der Waals surface area contributed by atoms with Crippen molar-refractivity contribution in [3.05, 3.63) is 75.8 Å². The van der Waals surface area contributed by atoms with Gasteiger partial charge in [0.25, 0.3) is 11.5 Å². The minimum atomic E-state index is -0.547. The number of rotatable bonds is 3. The van der Waals surface area contributed by atoms with E-state index < -0.39 is 5.54 Å². The second-order valence-electron chi connectivity index (χ2n) is 8.21. The molecule has 4 aromatic rings. The van der Waals surface area contributed by atoms with Gasteiger partial charge in [0.05, 0.1) is 22.8 Å². The monoisotopic (exact) mass is 414 g/mol. The number of hydrogen-bond acceptors (Lipinski definition) is 5. The lowest BCUT2D eigenvalue weighted by molar-refractivity contribution is 0.0980. The lowest BCUT2D eigenvalue weighted by atomic mass is 9.93. The van der Waals surface area contributed by atoms with Crippen LogP contribution in [0.4, 0.5) is 5.82 Å². The van der Waals surface area contributed by atoms with Crippen LogP contribution in [0.5, 0.6) is 0 Å². The number of fused-ring (bicyclic) bond motifs is 2. The van der Waals surface area contributed by atoms with Crippen molar-refractivity contribution in [1.29, 1.82) is 0 Å². The minimum Gasteiger partial charge on any atom is -0.325 e. The third kappa shape index (κ3) is 2.65. The maximum absolute atomic E-state index is 13.4. The summed E-state index contributed by atoms with van der Waals surface area (Å²) in [5.41, 5.74) is 8.92. The summed E-state index contributed by atoms with van der Waals surface area (Å²) in [5.74, 6) is 0.629. The highest BCUT2D eigenvalue weighted by Crippen LogP contribution is 2.45. The zero-order valence-electron chi connectivity index (χ0n) is 17.5. The maximum Gasteiger partial charge on any atom is 0.272 e. The van der Waals surface area contributed by atoms with Gasteiger partial charge < -0.3 is 5.73 Å². The number of benzene rings is 2. The molecule has 0 radical (unpaired) electrons. The second kappa shape index (κ2) is 6.61. The molecule has 2 aromatic heterocycles. The molecule has 0 saturated carbocycles. The van der Waals surface area contributed by atoms with E-state index in [9.17, 15) is 9.59 Å². The Morgan fingerprint density at radius 2 is 1.84 bits per heavy atom.